The van der Waals surface area contributed by atoms with Gasteiger partial charge in [-0.2, -0.15) is 0 Å². The second-order valence-corrected chi connectivity index (χ2v) is 4.32. The predicted molar refractivity (Wildman–Crippen MR) is 70.7 cm³/mol. The topological polar surface area (TPSA) is 26.2 Å². The molecule has 0 aliphatic heterocycles. The van der Waals surface area contributed by atoms with Crippen LogP contribution >= 0.6 is 11.6 Å². The third-order valence-electron chi connectivity index (χ3n) is 2.54. The second-order valence-electron chi connectivity index (χ2n) is 3.88. The predicted octanol–water partition coefficient (Wildman–Crippen LogP) is 3.30. The Morgan fingerprint density at radius 3 is 2.82 bits per heavy atom. The van der Waals surface area contributed by atoms with Crippen molar-refractivity contribution in [3.05, 3.63) is 47.2 Å². The van der Waals surface area contributed by atoms with E-state index >= 15 is 0 Å². The van der Waals surface area contributed by atoms with Crippen molar-refractivity contribution in [2.45, 2.75) is 6.54 Å². The van der Waals surface area contributed by atoms with Crippen LogP contribution in [0.4, 0.5) is 5.69 Å². The highest BCUT2D eigenvalue weighted by molar-refractivity contribution is 6.30. The van der Waals surface area contributed by atoms with Crippen LogP contribution in [-0.4, -0.2) is 11.7 Å². The van der Waals surface area contributed by atoms with Crippen molar-refractivity contribution < 1.29 is 4.74 Å². The van der Waals surface area contributed by atoms with E-state index in [1.165, 1.54) is 5.56 Å². The summed E-state index contributed by atoms with van der Waals surface area (Å²) in [5.74, 6) is 0.797. The first-order valence-corrected chi connectivity index (χ1v) is 5.75. The monoisotopic (exact) mass is 250 g/mol. The molecule has 0 fully saturated rings. The molecule has 2 rings (SSSR count). The minimum absolute atomic E-state index is 0.696. The smallest absolute Gasteiger partial charge is 0.142 e. The molecule has 17 heavy (non-hydrogen) atoms. The molecule has 3 nitrogen and oxygen atoms in total. The lowest BCUT2D eigenvalue weighted by Crippen LogP contribution is -2.00. The lowest BCUT2D eigenvalue weighted by atomic mass is 10.2. The Morgan fingerprint density at radius 1 is 1.35 bits per heavy atom. The molecule has 1 aromatic heterocycles. The van der Waals surface area contributed by atoms with Crippen LogP contribution < -0.4 is 10.1 Å². The van der Waals surface area contributed by atoms with Crippen LogP contribution in [0.3, 0.4) is 0 Å². The molecule has 90 valence electrons. The van der Waals surface area contributed by atoms with E-state index in [4.69, 9.17) is 16.3 Å². The summed E-state index contributed by atoms with van der Waals surface area (Å²) >= 11 is 5.96. The maximum absolute atomic E-state index is 5.96. The van der Waals surface area contributed by atoms with Crippen molar-refractivity contribution in [3.8, 4) is 5.75 Å². The average Bonchev–Trinajstić information content (AvgIpc) is 2.73. The summed E-state index contributed by atoms with van der Waals surface area (Å²) in [5, 5.41) is 4.01. The Bertz CT molecular complexity index is 508. The van der Waals surface area contributed by atoms with Crippen molar-refractivity contribution in [3.63, 3.8) is 0 Å². The molecule has 0 atom stereocenters. The van der Waals surface area contributed by atoms with E-state index in [2.05, 4.69) is 17.6 Å². The van der Waals surface area contributed by atoms with Crippen molar-refractivity contribution >= 4 is 17.3 Å². The highest BCUT2D eigenvalue weighted by Gasteiger charge is 2.03. The molecule has 0 saturated heterocycles. The minimum Gasteiger partial charge on any atom is -0.495 e. The minimum atomic E-state index is 0.696. The molecule has 0 saturated carbocycles. The Hall–Kier alpha value is -1.61. The zero-order chi connectivity index (χ0) is 12.3. The van der Waals surface area contributed by atoms with E-state index in [1.54, 1.807) is 7.11 Å². The van der Waals surface area contributed by atoms with Crippen molar-refractivity contribution in [1.82, 2.24) is 4.57 Å². The summed E-state index contributed by atoms with van der Waals surface area (Å²) < 4.78 is 7.29. The Balaban J connectivity index is 2.10. The normalized spacial score (nSPS) is 10.3. The number of hydrogen-bond acceptors (Lipinski definition) is 2. The summed E-state index contributed by atoms with van der Waals surface area (Å²) in [6.45, 7) is 0.748. The molecular weight excluding hydrogens is 236 g/mol. The Kier molecular flexibility index (Phi) is 3.59. The van der Waals surface area contributed by atoms with E-state index < -0.39 is 0 Å². The Morgan fingerprint density at radius 2 is 2.18 bits per heavy atom. The van der Waals surface area contributed by atoms with E-state index in [1.807, 2.05) is 36.0 Å². The summed E-state index contributed by atoms with van der Waals surface area (Å²) in [6, 6.07) is 7.61. The zero-order valence-electron chi connectivity index (χ0n) is 9.90. The van der Waals surface area contributed by atoms with Gasteiger partial charge in [-0.25, -0.2) is 0 Å². The van der Waals surface area contributed by atoms with Gasteiger partial charge in [0.15, 0.2) is 0 Å². The maximum atomic E-state index is 5.96. The first-order valence-electron chi connectivity index (χ1n) is 5.37. The van der Waals surface area contributed by atoms with Gasteiger partial charge in [0.05, 0.1) is 12.8 Å². The molecule has 1 N–H and O–H groups in total. The average molecular weight is 251 g/mol. The fourth-order valence-corrected chi connectivity index (χ4v) is 1.85. The first kappa shape index (κ1) is 11.9. The molecule has 0 unspecified atom stereocenters. The van der Waals surface area contributed by atoms with Gasteiger partial charge in [-0.15, -0.1) is 0 Å². The van der Waals surface area contributed by atoms with Crippen molar-refractivity contribution in [1.29, 1.82) is 0 Å². The number of aryl methyl sites for hydroxylation is 1. The summed E-state index contributed by atoms with van der Waals surface area (Å²) in [7, 11) is 3.65. The quantitative estimate of drug-likeness (QED) is 0.901. The number of nitrogens with one attached hydrogen (secondary N) is 1. The van der Waals surface area contributed by atoms with Crippen molar-refractivity contribution in [2.75, 3.05) is 12.4 Å². The zero-order valence-corrected chi connectivity index (χ0v) is 10.7. The highest BCUT2D eigenvalue weighted by Crippen LogP contribution is 2.27. The number of rotatable bonds is 4. The van der Waals surface area contributed by atoms with Crippen LogP contribution in [0.5, 0.6) is 5.75 Å². The molecule has 0 amide bonds. The standard InChI is InChI=1S/C13H15ClN2O/c1-16-6-5-10(9-16)8-15-12-7-11(14)3-4-13(12)17-2/h3-7,9,15H,8H2,1-2H3. The fraction of sp³-hybridized carbons (Fsp3) is 0.231. The molecule has 0 bridgehead atoms. The fourth-order valence-electron chi connectivity index (χ4n) is 1.68. The van der Waals surface area contributed by atoms with Gasteiger partial charge in [-0.3, -0.25) is 0 Å². The molecule has 0 aliphatic rings. The molecule has 0 radical (unpaired) electrons. The van der Waals surface area contributed by atoms with E-state index in [0.717, 1.165) is 18.0 Å². The number of methoxy groups -OCH3 is 1. The van der Waals surface area contributed by atoms with Crippen LogP contribution in [0.2, 0.25) is 5.02 Å². The van der Waals surface area contributed by atoms with Crippen LogP contribution in [0, 0.1) is 0 Å². The molecule has 1 heterocycles. The van der Waals surface area contributed by atoms with Gasteiger partial charge >= 0.3 is 0 Å². The van der Waals surface area contributed by atoms with E-state index in [0.29, 0.717) is 5.02 Å². The lowest BCUT2D eigenvalue weighted by Gasteiger charge is -2.10. The summed E-state index contributed by atoms with van der Waals surface area (Å²) in [6.07, 6.45) is 4.09. The number of benzene rings is 1. The number of nitrogens with zero attached hydrogens (tertiary/aromatic N) is 1. The van der Waals surface area contributed by atoms with Gasteiger partial charge in [0, 0.05) is 31.0 Å². The second kappa shape index (κ2) is 5.15. The summed E-state index contributed by atoms with van der Waals surface area (Å²) in [4.78, 5) is 0. The number of halogens is 1. The van der Waals surface area contributed by atoms with Crippen molar-refractivity contribution in [2.24, 2.45) is 7.05 Å². The van der Waals surface area contributed by atoms with Crippen LogP contribution in [0.1, 0.15) is 5.56 Å². The number of hydrogen-bond donors (Lipinski definition) is 1. The third-order valence-corrected chi connectivity index (χ3v) is 2.77. The third kappa shape index (κ3) is 2.94. The molecule has 0 spiro atoms. The highest BCUT2D eigenvalue weighted by atomic mass is 35.5. The molecule has 1 aromatic carbocycles. The van der Waals surface area contributed by atoms with Gasteiger partial charge in [0.1, 0.15) is 5.75 Å². The van der Waals surface area contributed by atoms with Crippen LogP contribution in [0.15, 0.2) is 36.7 Å². The molecular formula is C13H15ClN2O. The number of aromatic nitrogens is 1. The van der Waals surface area contributed by atoms with Gasteiger partial charge in [-0.05, 0) is 29.8 Å². The summed E-state index contributed by atoms with van der Waals surface area (Å²) in [5.41, 5.74) is 2.12. The van der Waals surface area contributed by atoms with E-state index in [9.17, 15) is 0 Å². The maximum Gasteiger partial charge on any atom is 0.142 e. The van der Waals surface area contributed by atoms with Gasteiger partial charge in [0.2, 0.25) is 0 Å². The van der Waals surface area contributed by atoms with Gasteiger partial charge in [-0.1, -0.05) is 11.6 Å². The van der Waals surface area contributed by atoms with Gasteiger partial charge < -0.3 is 14.6 Å². The SMILES string of the molecule is COc1ccc(Cl)cc1NCc1ccn(C)c1. The van der Waals surface area contributed by atoms with Gasteiger partial charge in [0.25, 0.3) is 0 Å². The Labute approximate surface area is 106 Å². The molecule has 2 aromatic rings. The first-order chi connectivity index (χ1) is 8.19. The molecule has 0 aliphatic carbocycles. The number of anilines is 1. The largest absolute Gasteiger partial charge is 0.495 e. The van der Waals surface area contributed by atoms with Crippen LogP contribution in [0.25, 0.3) is 0 Å². The lowest BCUT2D eigenvalue weighted by molar-refractivity contribution is 0.416. The number of ether oxygens (including phenoxy) is 1. The van der Waals surface area contributed by atoms with Crippen LogP contribution in [-0.2, 0) is 13.6 Å². The van der Waals surface area contributed by atoms with E-state index in [-0.39, 0.29) is 0 Å². The molecule has 4 heteroatoms.